The van der Waals surface area contributed by atoms with Crippen LogP contribution in [0, 0.1) is 0 Å². The molecule has 1 aliphatic carbocycles. The van der Waals surface area contributed by atoms with Gasteiger partial charge < -0.3 is 10.6 Å². The van der Waals surface area contributed by atoms with E-state index in [1.807, 2.05) is 12.4 Å². The van der Waals surface area contributed by atoms with E-state index in [1.54, 1.807) is 0 Å². The molecule has 1 unspecified atom stereocenters. The van der Waals surface area contributed by atoms with Gasteiger partial charge in [0.05, 0.1) is 23.8 Å². The minimum atomic E-state index is 0.556. The third-order valence-corrected chi connectivity index (χ3v) is 3.54. The monoisotopic (exact) mass is 248 g/mol. The van der Waals surface area contributed by atoms with Gasteiger partial charge in [0, 0.05) is 25.2 Å². The van der Waals surface area contributed by atoms with Crippen molar-refractivity contribution in [2.75, 3.05) is 30.8 Å². The number of pyridine rings is 1. The zero-order valence-corrected chi connectivity index (χ0v) is 11.6. The van der Waals surface area contributed by atoms with Crippen LogP contribution < -0.4 is 10.6 Å². The maximum atomic E-state index is 4.23. The highest BCUT2D eigenvalue weighted by molar-refractivity contribution is 5.53. The average Bonchev–Trinajstić information content (AvgIpc) is 3.20. The lowest BCUT2D eigenvalue weighted by atomic mass is 10.2. The predicted octanol–water partition coefficient (Wildman–Crippen LogP) is 2.41. The van der Waals surface area contributed by atoms with Crippen LogP contribution in [-0.2, 0) is 0 Å². The number of rotatable bonds is 7. The normalized spacial score (nSPS) is 16.7. The summed E-state index contributed by atoms with van der Waals surface area (Å²) in [5, 5.41) is 6.74. The molecule has 0 saturated heterocycles. The summed E-state index contributed by atoms with van der Waals surface area (Å²) >= 11 is 0. The second-order valence-corrected chi connectivity index (χ2v) is 5.12. The fourth-order valence-electron chi connectivity index (χ4n) is 2.09. The van der Waals surface area contributed by atoms with Gasteiger partial charge in [-0.1, -0.05) is 0 Å². The number of nitrogens with one attached hydrogen (secondary N) is 2. The summed E-state index contributed by atoms with van der Waals surface area (Å²) in [5.74, 6) is 0. The van der Waals surface area contributed by atoms with Gasteiger partial charge in [-0.2, -0.15) is 0 Å². The molecule has 0 spiro atoms. The standard InChI is InChI=1S/C14H24N4/c1-4-16-12-7-13(10-15-9-12)17-8-11(2)18(3)14-5-6-14/h7,9-11,14,16-17H,4-6,8H2,1-3H3. The summed E-state index contributed by atoms with van der Waals surface area (Å²) in [5.41, 5.74) is 2.16. The van der Waals surface area contributed by atoms with Crippen LogP contribution in [0.2, 0.25) is 0 Å². The van der Waals surface area contributed by atoms with Crippen LogP contribution in [0.15, 0.2) is 18.5 Å². The second kappa shape index (κ2) is 6.05. The van der Waals surface area contributed by atoms with Gasteiger partial charge in [0.15, 0.2) is 0 Å². The van der Waals surface area contributed by atoms with Crippen molar-refractivity contribution < 1.29 is 0 Å². The van der Waals surface area contributed by atoms with Crippen LogP contribution in [0.5, 0.6) is 0 Å². The summed E-state index contributed by atoms with van der Waals surface area (Å²) in [6, 6.07) is 3.48. The first-order valence-electron chi connectivity index (χ1n) is 6.85. The number of anilines is 2. The highest BCUT2D eigenvalue weighted by atomic mass is 15.2. The molecular weight excluding hydrogens is 224 g/mol. The molecule has 0 radical (unpaired) electrons. The first-order chi connectivity index (χ1) is 8.70. The van der Waals surface area contributed by atoms with E-state index in [0.717, 1.165) is 30.5 Å². The topological polar surface area (TPSA) is 40.2 Å². The zero-order chi connectivity index (χ0) is 13.0. The van der Waals surface area contributed by atoms with E-state index in [4.69, 9.17) is 0 Å². The minimum absolute atomic E-state index is 0.556. The number of hydrogen-bond donors (Lipinski definition) is 2. The molecule has 0 bridgehead atoms. The Balaban J connectivity index is 1.83. The molecule has 4 heteroatoms. The lowest BCUT2D eigenvalue weighted by Crippen LogP contribution is -2.36. The third kappa shape index (κ3) is 3.60. The van der Waals surface area contributed by atoms with Crippen molar-refractivity contribution in [3.8, 4) is 0 Å². The van der Waals surface area contributed by atoms with Crippen molar-refractivity contribution in [3.05, 3.63) is 18.5 Å². The summed E-state index contributed by atoms with van der Waals surface area (Å²) < 4.78 is 0. The summed E-state index contributed by atoms with van der Waals surface area (Å²) in [4.78, 5) is 6.70. The first kappa shape index (κ1) is 13.1. The maximum absolute atomic E-state index is 4.23. The quantitative estimate of drug-likeness (QED) is 0.777. The number of hydrogen-bond acceptors (Lipinski definition) is 4. The molecule has 18 heavy (non-hydrogen) atoms. The SMILES string of the molecule is CCNc1cncc(NCC(C)N(C)C2CC2)c1. The van der Waals surface area contributed by atoms with Crippen molar-refractivity contribution in [1.29, 1.82) is 0 Å². The Labute approximate surface area is 110 Å². The lowest BCUT2D eigenvalue weighted by Gasteiger charge is -2.25. The number of aromatic nitrogens is 1. The van der Waals surface area contributed by atoms with Crippen molar-refractivity contribution in [3.63, 3.8) is 0 Å². The van der Waals surface area contributed by atoms with E-state index in [-0.39, 0.29) is 0 Å². The molecule has 0 amide bonds. The highest BCUT2D eigenvalue weighted by Gasteiger charge is 2.28. The summed E-state index contributed by atoms with van der Waals surface area (Å²) in [6.07, 6.45) is 6.45. The molecule has 0 aliphatic heterocycles. The summed E-state index contributed by atoms with van der Waals surface area (Å²) in [7, 11) is 2.22. The van der Waals surface area contributed by atoms with Gasteiger partial charge in [0.25, 0.3) is 0 Å². The zero-order valence-electron chi connectivity index (χ0n) is 11.6. The third-order valence-electron chi connectivity index (χ3n) is 3.54. The van der Waals surface area contributed by atoms with Gasteiger partial charge in [-0.25, -0.2) is 0 Å². The molecule has 1 aromatic heterocycles. The van der Waals surface area contributed by atoms with E-state index < -0.39 is 0 Å². The van der Waals surface area contributed by atoms with Crippen molar-refractivity contribution in [2.45, 2.75) is 38.8 Å². The van der Waals surface area contributed by atoms with E-state index in [1.165, 1.54) is 12.8 Å². The van der Waals surface area contributed by atoms with Crippen LogP contribution in [0.4, 0.5) is 11.4 Å². The first-order valence-corrected chi connectivity index (χ1v) is 6.85. The van der Waals surface area contributed by atoms with Crippen LogP contribution >= 0.6 is 0 Å². The molecule has 2 rings (SSSR count). The van der Waals surface area contributed by atoms with Gasteiger partial charge in [-0.3, -0.25) is 9.88 Å². The van der Waals surface area contributed by atoms with Gasteiger partial charge in [0.1, 0.15) is 0 Å². The predicted molar refractivity (Wildman–Crippen MR) is 77.1 cm³/mol. The molecule has 1 heterocycles. The molecule has 0 aromatic carbocycles. The Morgan fingerprint density at radius 1 is 1.33 bits per heavy atom. The molecule has 1 saturated carbocycles. The van der Waals surface area contributed by atoms with E-state index >= 15 is 0 Å². The molecule has 1 fully saturated rings. The molecule has 1 aliphatic rings. The van der Waals surface area contributed by atoms with Gasteiger partial charge >= 0.3 is 0 Å². The second-order valence-electron chi connectivity index (χ2n) is 5.12. The Morgan fingerprint density at radius 2 is 2.00 bits per heavy atom. The molecular formula is C14H24N4. The Morgan fingerprint density at radius 3 is 2.61 bits per heavy atom. The number of nitrogens with zero attached hydrogens (tertiary/aromatic N) is 2. The minimum Gasteiger partial charge on any atom is -0.384 e. The molecule has 2 N–H and O–H groups in total. The molecule has 1 atom stereocenters. The smallest absolute Gasteiger partial charge is 0.0548 e. The largest absolute Gasteiger partial charge is 0.384 e. The van der Waals surface area contributed by atoms with Crippen LogP contribution in [0.25, 0.3) is 0 Å². The van der Waals surface area contributed by atoms with Gasteiger partial charge in [-0.15, -0.1) is 0 Å². The maximum Gasteiger partial charge on any atom is 0.0548 e. The van der Waals surface area contributed by atoms with Crippen LogP contribution in [0.1, 0.15) is 26.7 Å². The molecule has 100 valence electrons. The fourth-order valence-corrected chi connectivity index (χ4v) is 2.09. The average molecular weight is 248 g/mol. The van der Waals surface area contributed by atoms with Crippen molar-refractivity contribution in [2.24, 2.45) is 0 Å². The Hall–Kier alpha value is -1.29. The van der Waals surface area contributed by atoms with E-state index in [2.05, 4.69) is 47.5 Å². The van der Waals surface area contributed by atoms with Gasteiger partial charge in [0.2, 0.25) is 0 Å². The Kier molecular flexibility index (Phi) is 4.42. The fraction of sp³-hybridized carbons (Fsp3) is 0.643. The molecule has 1 aromatic rings. The van der Waals surface area contributed by atoms with Crippen molar-refractivity contribution >= 4 is 11.4 Å². The Bertz CT molecular complexity index is 376. The summed E-state index contributed by atoms with van der Waals surface area (Å²) in [6.45, 7) is 6.25. The van der Waals surface area contributed by atoms with Crippen LogP contribution in [-0.4, -0.2) is 42.1 Å². The lowest BCUT2D eigenvalue weighted by molar-refractivity contribution is 0.257. The number of likely N-dealkylation sites (N-methyl/N-ethyl adjacent to an activating group) is 1. The van der Waals surface area contributed by atoms with E-state index in [0.29, 0.717) is 6.04 Å². The van der Waals surface area contributed by atoms with Crippen LogP contribution in [0.3, 0.4) is 0 Å². The van der Waals surface area contributed by atoms with E-state index in [9.17, 15) is 0 Å². The molecule has 4 nitrogen and oxygen atoms in total. The highest BCUT2D eigenvalue weighted by Crippen LogP contribution is 2.27. The van der Waals surface area contributed by atoms with Crippen molar-refractivity contribution in [1.82, 2.24) is 9.88 Å². The van der Waals surface area contributed by atoms with Gasteiger partial charge in [-0.05, 0) is 39.8 Å².